The molecule has 2 N–H and O–H groups in total. The molecule has 4 nitrogen and oxygen atoms in total. The molecule has 1 aromatic rings. The molecule has 120 valence electrons. The number of thiophene rings is 1. The molecule has 0 amide bonds. The lowest BCUT2D eigenvalue weighted by atomic mass is 9.78. The molecule has 6 heteroatoms. The van der Waals surface area contributed by atoms with E-state index in [9.17, 15) is 8.42 Å². The Hall–Kier alpha value is -0.430. The SMILES string of the molecule is CCNCc1cc(S(=O)(=O)NC2CCCC(C)C2C)cs1. The van der Waals surface area contributed by atoms with Gasteiger partial charge in [0.15, 0.2) is 0 Å². The summed E-state index contributed by atoms with van der Waals surface area (Å²) in [6, 6.07) is 1.85. The predicted octanol–water partition coefficient (Wildman–Crippen LogP) is 2.96. The van der Waals surface area contributed by atoms with E-state index in [-0.39, 0.29) is 6.04 Å². The molecule has 1 heterocycles. The lowest BCUT2D eigenvalue weighted by Gasteiger charge is -2.34. The molecular weight excluding hydrogens is 304 g/mol. The van der Waals surface area contributed by atoms with Gasteiger partial charge in [-0.2, -0.15) is 0 Å². The summed E-state index contributed by atoms with van der Waals surface area (Å²) in [5.41, 5.74) is 0. The Morgan fingerprint density at radius 2 is 2.10 bits per heavy atom. The highest BCUT2D eigenvalue weighted by Gasteiger charge is 2.31. The Balaban J connectivity index is 2.05. The molecule has 1 saturated carbocycles. The van der Waals surface area contributed by atoms with Crippen molar-refractivity contribution in [2.24, 2.45) is 11.8 Å². The van der Waals surface area contributed by atoms with Crippen molar-refractivity contribution in [3.05, 3.63) is 16.3 Å². The van der Waals surface area contributed by atoms with Crippen molar-refractivity contribution in [1.82, 2.24) is 10.0 Å². The van der Waals surface area contributed by atoms with E-state index >= 15 is 0 Å². The third kappa shape index (κ3) is 4.28. The minimum Gasteiger partial charge on any atom is -0.312 e. The summed E-state index contributed by atoms with van der Waals surface area (Å²) in [5.74, 6) is 0.978. The van der Waals surface area contributed by atoms with Crippen LogP contribution in [0.25, 0.3) is 0 Å². The number of hydrogen-bond acceptors (Lipinski definition) is 4. The Kier molecular flexibility index (Phi) is 5.82. The van der Waals surface area contributed by atoms with Gasteiger partial charge < -0.3 is 5.32 Å². The van der Waals surface area contributed by atoms with Crippen LogP contribution in [0.15, 0.2) is 16.3 Å². The molecule has 3 atom stereocenters. The fourth-order valence-electron chi connectivity index (χ4n) is 2.86. The molecule has 0 bridgehead atoms. The maximum Gasteiger partial charge on any atom is 0.241 e. The fraction of sp³-hybridized carbons (Fsp3) is 0.733. The van der Waals surface area contributed by atoms with Crippen LogP contribution in [-0.2, 0) is 16.6 Å². The highest BCUT2D eigenvalue weighted by Crippen LogP contribution is 2.30. The molecule has 0 saturated heterocycles. The summed E-state index contributed by atoms with van der Waals surface area (Å²) in [7, 11) is -3.39. The van der Waals surface area contributed by atoms with E-state index in [0.717, 1.165) is 30.8 Å². The van der Waals surface area contributed by atoms with Gasteiger partial charge in [-0.25, -0.2) is 13.1 Å². The lowest BCUT2D eigenvalue weighted by Crippen LogP contribution is -2.43. The second kappa shape index (κ2) is 7.22. The van der Waals surface area contributed by atoms with Crippen molar-refractivity contribution < 1.29 is 8.42 Å². The first-order chi connectivity index (χ1) is 9.94. The number of nitrogens with one attached hydrogen (secondary N) is 2. The zero-order valence-electron chi connectivity index (χ0n) is 13.1. The van der Waals surface area contributed by atoms with Gasteiger partial charge in [0, 0.05) is 22.8 Å². The van der Waals surface area contributed by atoms with E-state index < -0.39 is 10.0 Å². The average molecular weight is 331 g/mol. The Labute approximate surface area is 132 Å². The van der Waals surface area contributed by atoms with Gasteiger partial charge in [0.2, 0.25) is 10.0 Å². The smallest absolute Gasteiger partial charge is 0.241 e. The van der Waals surface area contributed by atoms with Gasteiger partial charge in [-0.15, -0.1) is 11.3 Å². The fourth-order valence-corrected chi connectivity index (χ4v) is 5.46. The minimum absolute atomic E-state index is 0.0656. The topological polar surface area (TPSA) is 58.2 Å². The van der Waals surface area contributed by atoms with Crippen molar-refractivity contribution in [3.63, 3.8) is 0 Å². The molecule has 3 unspecified atom stereocenters. The van der Waals surface area contributed by atoms with Gasteiger partial charge in [0.25, 0.3) is 0 Å². The van der Waals surface area contributed by atoms with E-state index in [4.69, 9.17) is 0 Å². The summed E-state index contributed by atoms with van der Waals surface area (Å²) in [4.78, 5) is 1.47. The minimum atomic E-state index is -3.39. The monoisotopic (exact) mass is 330 g/mol. The zero-order valence-corrected chi connectivity index (χ0v) is 14.7. The molecule has 0 radical (unpaired) electrons. The maximum absolute atomic E-state index is 12.5. The van der Waals surface area contributed by atoms with Crippen molar-refractivity contribution in [2.75, 3.05) is 6.54 Å². The molecule has 21 heavy (non-hydrogen) atoms. The van der Waals surface area contributed by atoms with Crippen LogP contribution in [-0.4, -0.2) is 21.0 Å². The molecule has 1 fully saturated rings. The third-order valence-corrected chi connectivity index (χ3v) is 7.06. The van der Waals surface area contributed by atoms with Crippen LogP contribution >= 0.6 is 11.3 Å². The second-order valence-corrected chi connectivity index (χ2v) is 8.73. The Morgan fingerprint density at radius 3 is 2.81 bits per heavy atom. The van der Waals surface area contributed by atoms with Crippen molar-refractivity contribution >= 4 is 21.4 Å². The summed E-state index contributed by atoms with van der Waals surface area (Å²) in [5, 5.41) is 4.96. The van der Waals surface area contributed by atoms with E-state index in [1.165, 1.54) is 17.8 Å². The van der Waals surface area contributed by atoms with Crippen molar-refractivity contribution in [1.29, 1.82) is 0 Å². The summed E-state index contributed by atoms with van der Waals surface area (Å²) in [6.45, 7) is 8.02. The summed E-state index contributed by atoms with van der Waals surface area (Å²) >= 11 is 1.50. The van der Waals surface area contributed by atoms with Crippen molar-refractivity contribution in [3.8, 4) is 0 Å². The molecule has 1 aromatic heterocycles. The van der Waals surface area contributed by atoms with Gasteiger partial charge in [0.1, 0.15) is 0 Å². The zero-order chi connectivity index (χ0) is 15.5. The van der Waals surface area contributed by atoms with Crippen LogP contribution in [0.4, 0.5) is 0 Å². The molecule has 1 aliphatic carbocycles. The summed E-state index contributed by atoms with van der Waals surface area (Å²) < 4.78 is 27.9. The van der Waals surface area contributed by atoms with Gasteiger partial charge in [-0.05, 0) is 30.9 Å². The normalized spacial score (nSPS) is 26.9. The molecule has 0 aliphatic heterocycles. The van der Waals surface area contributed by atoms with Crippen LogP contribution in [0, 0.1) is 11.8 Å². The number of hydrogen-bond donors (Lipinski definition) is 2. The van der Waals surface area contributed by atoms with Crippen LogP contribution in [0.3, 0.4) is 0 Å². The van der Waals surface area contributed by atoms with Crippen LogP contribution < -0.4 is 10.0 Å². The van der Waals surface area contributed by atoms with E-state index in [2.05, 4.69) is 23.9 Å². The average Bonchev–Trinajstić information content (AvgIpc) is 2.91. The standard InChI is InChI=1S/C15H26N2O2S2/c1-4-16-9-13-8-14(10-20-13)21(18,19)17-15-7-5-6-11(2)12(15)3/h8,10-12,15-17H,4-7,9H2,1-3H3. The largest absolute Gasteiger partial charge is 0.312 e. The predicted molar refractivity (Wildman–Crippen MR) is 88.0 cm³/mol. The summed E-state index contributed by atoms with van der Waals surface area (Å²) in [6.07, 6.45) is 3.25. The van der Waals surface area contributed by atoms with Crippen LogP contribution in [0.5, 0.6) is 0 Å². The first kappa shape index (κ1) is 16.9. The number of sulfonamides is 1. The van der Waals surface area contributed by atoms with Crippen LogP contribution in [0.1, 0.15) is 44.9 Å². The van der Waals surface area contributed by atoms with Gasteiger partial charge in [-0.1, -0.05) is 33.6 Å². The molecule has 1 aliphatic rings. The Bertz CT molecular complexity index is 554. The molecular formula is C15H26N2O2S2. The highest BCUT2D eigenvalue weighted by atomic mass is 32.2. The van der Waals surface area contributed by atoms with E-state index in [0.29, 0.717) is 16.7 Å². The lowest BCUT2D eigenvalue weighted by molar-refractivity contribution is 0.227. The maximum atomic E-state index is 12.5. The molecule has 2 rings (SSSR count). The first-order valence-corrected chi connectivity index (χ1v) is 10.1. The van der Waals surface area contributed by atoms with E-state index in [1.807, 2.05) is 6.92 Å². The van der Waals surface area contributed by atoms with E-state index in [1.54, 1.807) is 11.4 Å². The highest BCUT2D eigenvalue weighted by molar-refractivity contribution is 7.89. The second-order valence-electron chi connectivity index (χ2n) is 6.02. The van der Waals surface area contributed by atoms with Gasteiger partial charge >= 0.3 is 0 Å². The Morgan fingerprint density at radius 1 is 1.33 bits per heavy atom. The third-order valence-electron chi connectivity index (χ3n) is 4.50. The van der Waals surface area contributed by atoms with Crippen molar-refractivity contribution in [2.45, 2.75) is 57.5 Å². The number of rotatable bonds is 6. The van der Waals surface area contributed by atoms with Gasteiger partial charge in [0.05, 0.1) is 4.90 Å². The first-order valence-electron chi connectivity index (χ1n) is 7.74. The van der Waals surface area contributed by atoms with Crippen LogP contribution in [0.2, 0.25) is 0 Å². The molecule has 0 spiro atoms. The van der Waals surface area contributed by atoms with Gasteiger partial charge in [-0.3, -0.25) is 0 Å². The quantitative estimate of drug-likeness (QED) is 0.843. The molecule has 0 aromatic carbocycles.